The number of hydrogen-bond acceptors (Lipinski definition) is 1. The molecule has 0 saturated carbocycles. The van der Waals surface area contributed by atoms with Crippen molar-refractivity contribution in [2.24, 2.45) is 0 Å². The lowest BCUT2D eigenvalue weighted by atomic mass is 9.87. The van der Waals surface area contributed by atoms with Crippen molar-refractivity contribution >= 4 is 48.9 Å². The number of hydrogen-bond donors (Lipinski definition) is 0. The van der Waals surface area contributed by atoms with E-state index in [2.05, 4.69) is 129 Å². The lowest BCUT2D eigenvalue weighted by Gasteiger charge is -2.21. The molecule has 5 aromatic carbocycles. The highest BCUT2D eigenvalue weighted by molar-refractivity contribution is 6.28. The Bertz CT molecular complexity index is 1960. The molecular weight excluding hydrogens is 448 g/mol. The Morgan fingerprint density at radius 1 is 0.568 bits per heavy atom. The van der Waals surface area contributed by atoms with Crippen molar-refractivity contribution in [3.8, 4) is 11.3 Å². The van der Waals surface area contributed by atoms with Crippen molar-refractivity contribution in [2.75, 3.05) is 0 Å². The maximum atomic E-state index is 5.08. The molecule has 0 aliphatic rings. The van der Waals surface area contributed by atoms with E-state index in [1.165, 1.54) is 65.6 Å². The van der Waals surface area contributed by atoms with Gasteiger partial charge in [0.1, 0.15) is 5.65 Å². The Hall–Kier alpha value is -4.17. The number of nitrogens with zero attached hydrogens (tertiary/aromatic N) is 2. The molecule has 2 nitrogen and oxygen atoms in total. The molecule has 37 heavy (non-hydrogen) atoms. The van der Waals surface area contributed by atoms with Crippen molar-refractivity contribution in [2.45, 2.75) is 39.5 Å². The van der Waals surface area contributed by atoms with Crippen molar-refractivity contribution in [3.63, 3.8) is 0 Å². The number of pyridine rings is 1. The number of fused-ring (bicyclic) bond motifs is 10. The summed E-state index contributed by atoms with van der Waals surface area (Å²) < 4.78 is 2.42. The largest absolute Gasteiger partial charge is 0.292 e. The van der Waals surface area contributed by atoms with E-state index in [9.17, 15) is 0 Å². The van der Waals surface area contributed by atoms with Crippen LogP contribution in [0.1, 0.15) is 50.7 Å². The minimum absolute atomic E-state index is 0.413. The van der Waals surface area contributed by atoms with E-state index in [1.54, 1.807) is 0 Å². The normalized spacial score (nSPS) is 12.3. The Labute approximate surface area is 217 Å². The van der Waals surface area contributed by atoms with Gasteiger partial charge in [-0.05, 0) is 56.0 Å². The molecule has 0 spiro atoms. The summed E-state index contributed by atoms with van der Waals surface area (Å²) in [5.74, 6) is 0.825. The molecule has 0 atom stereocenters. The third kappa shape index (κ3) is 3.15. The van der Waals surface area contributed by atoms with Gasteiger partial charge < -0.3 is 0 Å². The third-order valence-electron chi connectivity index (χ3n) is 7.96. The van der Waals surface area contributed by atoms with E-state index in [1.807, 2.05) is 0 Å². The Balaban J connectivity index is 1.76. The fraction of sp³-hybridized carbons (Fsp3) is 0.171. The van der Waals surface area contributed by atoms with E-state index < -0.39 is 0 Å². The van der Waals surface area contributed by atoms with Crippen LogP contribution in [0.25, 0.3) is 60.1 Å². The highest BCUT2D eigenvalue weighted by Crippen LogP contribution is 2.42. The molecule has 2 heterocycles. The maximum absolute atomic E-state index is 5.08. The molecule has 7 rings (SSSR count). The van der Waals surface area contributed by atoms with Crippen LogP contribution in [0.4, 0.5) is 0 Å². The standard InChI is InChI=1S/C35H30N2/c1-21(2)25-14-9-15-26(22(3)4)33(25)31-20-36-35-29-13-8-7-12-28(29)34-30(37(31)35)19-18-24-17-16-23-10-5-6-11-27(23)32(24)34/h5-22H,1-4H3. The van der Waals surface area contributed by atoms with Crippen LogP contribution in [0.5, 0.6) is 0 Å². The highest BCUT2D eigenvalue weighted by Gasteiger charge is 2.22. The maximum Gasteiger partial charge on any atom is 0.145 e. The molecule has 0 radical (unpaired) electrons. The van der Waals surface area contributed by atoms with Crippen LogP contribution >= 0.6 is 0 Å². The van der Waals surface area contributed by atoms with Crippen LogP contribution in [-0.4, -0.2) is 9.38 Å². The second-order valence-electron chi connectivity index (χ2n) is 10.8. The van der Waals surface area contributed by atoms with Crippen molar-refractivity contribution in [1.82, 2.24) is 9.38 Å². The predicted octanol–water partition coefficient (Wildman–Crippen LogP) is 9.86. The summed E-state index contributed by atoms with van der Waals surface area (Å²) in [6.45, 7) is 9.16. The van der Waals surface area contributed by atoms with Crippen molar-refractivity contribution in [3.05, 3.63) is 108 Å². The summed E-state index contributed by atoms with van der Waals surface area (Å²) in [4.78, 5) is 5.08. The van der Waals surface area contributed by atoms with Gasteiger partial charge in [0.25, 0.3) is 0 Å². The lowest BCUT2D eigenvalue weighted by molar-refractivity contribution is 0.836. The second kappa shape index (κ2) is 8.18. The van der Waals surface area contributed by atoms with Crippen molar-refractivity contribution < 1.29 is 0 Å². The molecule has 7 aromatic rings. The summed E-state index contributed by atoms with van der Waals surface area (Å²) in [6.07, 6.45) is 2.10. The average Bonchev–Trinajstić information content (AvgIpc) is 3.37. The van der Waals surface area contributed by atoms with Gasteiger partial charge in [0.2, 0.25) is 0 Å². The van der Waals surface area contributed by atoms with E-state index in [0.29, 0.717) is 11.8 Å². The quantitative estimate of drug-likeness (QED) is 0.231. The first-order valence-corrected chi connectivity index (χ1v) is 13.3. The molecular formula is C35H30N2. The third-order valence-corrected chi connectivity index (χ3v) is 7.96. The summed E-state index contributed by atoms with van der Waals surface area (Å²) in [7, 11) is 0. The molecule has 2 aromatic heterocycles. The zero-order valence-corrected chi connectivity index (χ0v) is 21.8. The topological polar surface area (TPSA) is 17.3 Å². The number of aromatic nitrogens is 2. The number of benzene rings is 5. The molecule has 0 amide bonds. The Morgan fingerprint density at radius 2 is 1.19 bits per heavy atom. The minimum Gasteiger partial charge on any atom is -0.292 e. The fourth-order valence-electron chi connectivity index (χ4n) is 6.25. The smallest absolute Gasteiger partial charge is 0.145 e. The summed E-state index contributed by atoms with van der Waals surface area (Å²) in [5.41, 5.74) is 7.48. The summed E-state index contributed by atoms with van der Waals surface area (Å²) in [5, 5.41) is 8.88. The first kappa shape index (κ1) is 22.1. The molecule has 0 unspecified atom stereocenters. The van der Waals surface area contributed by atoms with E-state index in [4.69, 9.17) is 4.98 Å². The van der Waals surface area contributed by atoms with Crippen molar-refractivity contribution in [1.29, 1.82) is 0 Å². The van der Waals surface area contributed by atoms with Gasteiger partial charge in [0.05, 0.1) is 17.4 Å². The molecule has 0 saturated heterocycles. The van der Waals surface area contributed by atoms with Crippen LogP contribution in [-0.2, 0) is 0 Å². The van der Waals surface area contributed by atoms with Gasteiger partial charge in [-0.3, -0.25) is 4.40 Å². The molecule has 180 valence electrons. The van der Waals surface area contributed by atoms with Gasteiger partial charge in [-0.25, -0.2) is 4.98 Å². The summed E-state index contributed by atoms with van der Waals surface area (Å²) in [6, 6.07) is 33.4. The van der Waals surface area contributed by atoms with Gasteiger partial charge >= 0.3 is 0 Å². The fourth-order valence-corrected chi connectivity index (χ4v) is 6.25. The lowest BCUT2D eigenvalue weighted by Crippen LogP contribution is -2.02. The van der Waals surface area contributed by atoms with E-state index >= 15 is 0 Å². The monoisotopic (exact) mass is 478 g/mol. The van der Waals surface area contributed by atoms with Gasteiger partial charge in [0.15, 0.2) is 0 Å². The van der Waals surface area contributed by atoms with Crippen LogP contribution in [0.2, 0.25) is 0 Å². The average molecular weight is 479 g/mol. The van der Waals surface area contributed by atoms with Gasteiger partial charge in [-0.15, -0.1) is 0 Å². The van der Waals surface area contributed by atoms with Crippen LogP contribution < -0.4 is 0 Å². The Morgan fingerprint density at radius 3 is 1.92 bits per heavy atom. The number of imidazole rings is 1. The zero-order valence-electron chi connectivity index (χ0n) is 21.8. The molecule has 0 fully saturated rings. The van der Waals surface area contributed by atoms with Crippen LogP contribution in [0.3, 0.4) is 0 Å². The minimum atomic E-state index is 0.413. The highest BCUT2D eigenvalue weighted by atomic mass is 15.0. The molecule has 2 heteroatoms. The van der Waals surface area contributed by atoms with E-state index in [0.717, 1.165) is 5.65 Å². The van der Waals surface area contributed by atoms with Gasteiger partial charge in [0, 0.05) is 16.3 Å². The summed E-state index contributed by atoms with van der Waals surface area (Å²) >= 11 is 0. The first-order valence-electron chi connectivity index (χ1n) is 13.3. The zero-order chi connectivity index (χ0) is 25.3. The van der Waals surface area contributed by atoms with Gasteiger partial charge in [-0.2, -0.15) is 0 Å². The molecule has 0 N–H and O–H groups in total. The van der Waals surface area contributed by atoms with Crippen LogP contribution in [0.15, 0.2) is 97.2 Å². The first-order chi connectivity index (χ1) is 18.0. The predicted molar refractivity (Wildman–Crippen MR) is 159 cm³/mol. The van der Waals surface area contributed by atoms with E-state index in [-0.39, 0.29) is 0 Å². The second-order valence-corrected chi connectivity index (χ2v) is 10.8. The molecule has 0 aliphatic carbocycles. The SMILES string of the molecule is CC(C)c1cccc(C(C)C)c1-c1cnc2c3ccccc3c3c4c(ccc5ccccc54)ccc3n12. The van der Waals surface area contributed by atoms with Crippen LogP contribution in [0, 0.1) is 0 Å². The number of rotatable bonds is 3. The van der Waals surface area contributed by atoms with Gasteiger partial charge in [-0.1, -0.05) is 113 Å². The molecule has 0 bridgehead atoms. The Kier molecular flexibility index (Phi) is 4.87. The molecule has 0 aliphatic heterocycles.